The predicted molar refractivity (Wildman–Crippen MR) is 74.4 cm³/mol. The minimum atomic E-state index is -0.756. The largest absolute Gasteiger partial charge is 0.481 e. The molecule has 1 fully saturated rings. The summed E-state index contributed by atoms with van der Waals surface area (Å²) < 4.78 is 0. The molecule has 2 atom stereocenters. The average molecular weight is 283 g/mol. The van der Waals surface area contributed by atoms with Gasteiger partial charge < -0.3 is 5.11 Å². The Labute approximate surface area is 118 Å². The van der Waals surface area contributed by atoms with Gasteiger partial charge in [-0.05, 0) is 32.9 Å². The summed E-state index contributed by atoms with van der Waals surface area (Å²) in [6.07, 6.45) is 1.58. The van der Waals surface area contributed by atoms with E-state index in [4.69, 9.17) is 11.6 Å². The fourth-order valence-electron chi connectivity index (χ4n) is 2.51. The van der Waals surface area contributed by atoms with E-state index in [0.717, 1.165) is 12.2 Å². The van der Waals surface area contributed by atoms with Crippen molar-refractivity contribution in [3.8, 4) is 0 Å². The van der Waals surface area contributed by atoms with Gasteiger partial charge in [0, 0.05) is 36.4 Å². The van der Waals surface area contributed by atoms with Crippen molar-refractivity contribution in [2.24, 2.45) is 5.92 Å². The first-order chi connectivity index (χ1) is 8.79. The molecule has 19 heavy (non-hydrogen) atoms. The van der Waals surface area contributed by atoms with Crippen molar-refractivity contribution in [1.29, 1.82) is 0 Å². The molecule has 0 aliphatic carbocycles. The highest BCUT2D eigenvalue weighted by Crippen LogP contribution is 2.35. The Morgan fingerprint density at radius 1 is 1.42 bits per heavy atom. The number of rotatable bonds is 2. The molecule has 0 bridgehead atoms. The third kappa shape index (κ3) is 3.07. The molecule has 0 saturated carbocycles. The maximum atomic E-state index is 11.4. The number of carboxylic acids is 1. The van der Waals surface area contributed by atoms with Gasteiger partial charge in [-0.3, -0.25) is 14.7 Å². The SMILES string of the molecule is CC(C)(C)N1CC(c2ccc(Cl)cn2)[C@H](C(=O)O)C1. The average Bonchev–Trinajstić information content (AvgIpc) is 2.74. The van der Waals surface area contributed by atoms with Crippen molar-refractivity contribution in [1.82, 2.24) is 9.88 Å². The lowest BCUT2D eigenvalue weighted by Crippen LogP contribution is -2.40. The van der Waals surface area contributed by atoms with E-state index in [1.54, 1.807) is 12.3 Å². The molecular weight excluding hydrogens is 264 g/mol. The van der Waals surface area contributed by atoms with Gasteiger partial charge in [0.15, 0.2) is 0 Å². The number of hydrogen-bond donors (Lipinski definition) is 1. The van der Waals surface area contributed by atoms with Gasteiger partial charge >= 0.3 is 5.97 Å². The molecule has 0 spiro atoms. The van der Waals surface area contributed by atoms with Gasteiger partial charge in [-0.1, -0.05) is 11.6 Å². The first kappa shape index (κ1) is 14.3. The quantitative estimate of drug-likeness (QED) is 0.906. The lowest BCUT2D eigenvalue weighted by molar-refractivity contribution is -0.141. The Morgan fingerprint density at radius 2 is 2.11 bits per heavy atom. The lowest BCUT2D eigenvalue weighted by Gasteiger charge is -2.31. The fraction of sp³-hybridized carbons (Fsp3) is 0.571. The van der Waals surface area contributed by atoms with E-state index in [1.807, 2.05) is 6.07 Å². The minimum Gasteiger partial charge on any atom is -0.481 e. The molecule has 4 nitrogen and oxygen atoms in total. The molecule has 1 aliphatic rings. The Balaban J connectivity index is 2.27. The van der Waals surface area contributed by atoms with Crippen molar-refractivity contribution in [2.45, 2.75) is 32.2 Å². The van der Waals surface area contributed by atoms with Crippen LogP contribution in [-0.2, 0) is 4.79 Å². The zero-order valence-electron chi connectivity index (χ0n) is 11.4. The Bertz CT molecular complexity index is 467. The number of aromatic nitrogens is 1. The second kappa shape index (κ2) is 5.10. The molecule has 0 radical (unpaired) electrons. The second-order valence-corrected chi connectivity index (χ2v) is 6.46. The number of likely N-dealkylation sites (tertiary alicyclic amines) is 1. The van der Waals surface area contributed by atoms with Gasteiger partial charge in [-0.15, -0.1) is 0 Å². The van der Waals surface area contributed by atoms with Crippen LogP contribution in [0.2, 0.25) is 5.02 Å². The summed E-state index contributed by atoms with van der Waals surface area (Å²) in [6, 6.07) is 3.59. The van der Waals surface area contributed by atoms with Gasteiger partial charge in [0.1, 0.15) is 0 Å². The van der Waals surface area contributed by atoms with Gasteiger partial charge in [-0.25, -0.2) is 0 Å². The highest BCUT2D eigenvalue weighted by molar-refractivity contribution is 6.30. The highest BCUT2D eigenvalue weighted by atomic mass is 35.5. The molecule has 1 aliphatic heterocycles. The molecule has 0 aromatic carbocycles. The number of pyridine rings is 1. The summed E-state index contributed by atoms with van der Waals surface area (Å²) in [7, 11) is 0. The van der Waals surface area contributed by atoms with Gasteiger partial charge in [0.2, 0.25) is 0 Å². The summed E-state index contributed by atoms with van der Waals surface area (Å²) in [5.41, 5.74) is 0.776. The maximum absolute atomic E-state index is 11.4. The zero-order valence-corrected chi connectivity index (χ0v) is 12.2. The highest BCUT2D eigenvalue weighted by Gasteiger charge is 2.42. The number of carbonyl (C=O) groups is 1. The monoisotopic (exact) mass is 282 g/mol. The second-order valence-electron chi connectivity index (χ2n) is 6.03. The van der Waals surface area contributed by atoms with Crippen LogP contribution in [0.4, 0.5) is 0 Å². The molecule has 2 heterocycles. The van der Waals surface area contributed by atoms with Crippen LogP contribution >= 0.6 is 11.6 Å². The zero-order chi connectivity index (χ0) is 14.2. The maximum Gasteiger partial charge on any atom is 0.308 e. The van der Waals surface area contributed by atoms with E-state index in [2.05, 4.69) is 30.7 Å². The Morgan fingerprint density at radius 3 is 2.58 bits per heavy atom. The van der Waals surface area contributed by atoms with Crippen molar-refractivity contribution in [2.75, 3.05) is 13.1 Å². The summed E-state index contributed by atoms with van der Waals surface area (Å²) in [5.74, 6) is -1.24. The minimum absolute atomic E-state index is 0.0329. The predicted octanol–water partition coefficient (Wildman–Crippen LogP) is 2.63. The fourth-order valence-corrected chi connectivity index (χ4v) is 2.62. The van der Waals surface area contributed by atoms with Crippen LogP contribution in [0.25, 0.3) is 0 Å². The van der Waals surface area contributed by atoms with Crippen LogP contribution < -0.4 is 0 Å². The topological polar surface area (TPSA) is 53.4 Å². The third-order valence-electron chi connectivity index (χ3n) is 3.72. The molecule has 2 rings (SSSR count). The van der Waals surface area contributed by atoms with E-state index in [0.29, 0.717) is 11.6 Å². The van der Waals surface area contributed by atoms with E-state index in [-0.39, 0.29) is 11.5 Å². The third-order valence-corrected chi connectivity index (χ3v) is 3.94. The lowest BCUT2D eigenvalue weighted by atomic mass is 9.93. The van der Waals surface area contributed by atoms with E-state index in [9.17, 15) is 9.90 Å². The standard InChI is InChI=1S/C14H19ClN2O2/c1-14(2,3)17-7-10(11(8-17)13(18)19)12-5-4-9(15)6-16-12/h4-6,10-11H,7-8H2,1-3H3,(H,18,19)/t10?,11-/m1/s1. The van der Waals surface area contributed by atoms with E-state index >= 15 is 0 Å². The molecule has 1 aromatic rings. The number of carboxylic acid groups (broad SMARTS) is 1. The number of aliphatic carboxylic acids is 1. The molecule has 5 heteroatoms. The molecule has 1 saturated heterocycles. The first-order valence-electron chi connectivity index (χ1n) is 6.38. The van der Waals surface area contributed by atoms with Crippen molar-refractivity contribution < 1.29 is 9.90 Å². The van der Waals surface area contributed by atoms with Crippen LogP contribution in [0.15, 0.2) is 18.3 Å². The van der Waals surface area contributed by atoms with Crippen LogP contribution in [0.1, 0.15) is 32.4 Å². The molecule has 1 N–H and O–H groups in total. The molecule has 0 amide bonds. The van der Waals surface area contributed by atoms with Gasteiger partial charge in [0.05, 0.1) is 10.9 Å². The van der Waals surface area contributed by atoms with Crippen LogP contribution in [0.5, 0.6) is 0 Å². The van der Waals surface area contributed by atoms with Crippen molar-refractivity contribution in [3.63, 3.8) is 0 Å². The van der Waals surface area contributed by atoms with Gasteiger partial charge in [-0.2, -0.15) is 0 Å². The normalized spacial score (nSPS) is 24.6. The van der Waals surface area contributed by atoms with E-state index < -0.39 is 11.9 Å². The van der Waals surface area contributed by atoms with Gasteiger partial charge in [0.25, 0.3) is 0 Å². The summed E-state index contributed by atoms with van der Waals surface area (Å²) in [6.45, 7) is 7.58. The Hall–Kier alpha value is -1.13. The van der Waals surface area contributed by atoms with Crippen LogP contribution in [-0.4, -0.2) is 39.6 Å². The van der Waals surface area contributed by atoms with Crippen molar-refractivity contribution in [3.05, 3.63) is 29.0 Å². The van der Waals surface area contributed by atoms with Crippen LogP contribution in [0, 0.1) is 5.92 Å². The molecular formula is C14H19ClN2O2. The molecule has 1 unspecified atom stereocenters. The number of halogens is 1. The number of hydrogen-bond acceptors (Lipinski definition) is 3. The molecule has 1 aromatic heterocycles. The molecule has 104 valence electrons. The summed E-state index contributed by atoms with van der Waals surface area (Å²) in [4.78, 5) is 17.9. The summed E-state index contributed by atoms with van der Waals surface area (Å²) in [5, 5.41) is 9.97. The van der Waals surface area contributed by atoms with Crippen molar-refractivity contribution >= 4 is 17.6 Å². The Kier molecular flexibility index (Phi) is 3.83. The summed E-state index contributed by atoms with van der Waals surface area (Å²) >= 11 is 5.83. The number of nitrogens with zero attached hydrogens (tertiary/aromatic N) is 2. The van der Waals surface area contributed by atoms with Crippen LogP contribution in [0.3, 0.4) is 0 Å². The first-order valence-corrected chi connectivity index (χ1v) is 6.76. The smallest absolute Gasteiger partial charge is 0.308 e. The van der Waals surface area contributed by atoms with E-state index in [1.165, 1.54) is 0 Å².